The molecule has 6 heteroatoms. The number of sulfonamides is 1. The summed E-state index contributed by atoms with van der Waals surface area (Å²) in [6, 6.07) is 4.57. The zero-order valence-corrected chi connectivity index (χ0v) is 11.9. The zero-order chi connectivity index (χ0) is 14.0. The molecule has 0 aliphatic heterocycles. The first-order chi connectivity index (χ1) is 8.94. The van der Waals surface area contributed by atoms with Crippen LogP contribution in [0.3, 0.4) is 0 Å². The number of amides is 1. The first-order valence-electron chi connectivity index (χ1n) is 6.26. The van der Waals surface area contributed by atoms with Gasteiger partial charge in [0.2, 0.25) is 10.0 Å². The number of hydrogen-bond donors (Lipinski definition) is 2. The van der Waals surface area contributed by atoms with Gasteiger partial charge in [-0.1, -0.05) is 6.07 Å². The van der Waals surface area contributed by atoms with Crippen LogP contribution in [0.2, 0.25) is 0 Å². The molecule has 2 rings (SSSR count). The fourth-order valence-corrected chi connectivity index (χ4v) is 2.54. The van der Waals surface area contributed by atoms with E-state index < -0.39 is 10.0 Å². The predicted octanol–water partition coefficient (Wildman–Crippen LogP) is 1.04. The lowest BCUT2D eigenvalue weighted by Gasteiger charge is -2.09. The Hall–Kier alpha value is -1.40. The van der Waals surface area contributed by atoms with Crippen molar-refractivity contribution in [1.29, 1.82) is 0 Å². The van der Waals surface area contributed by atoms with Gasteiger partial charge < -0.3 is 5.32 Å². The summed E-state index contributed by atoms with van der Waals surface area (Å²) in [6.45, 7) is 2.46. The largest absolute Gasteiger partial charge is 0.352 e. The second kappa shape index (κ2) is 5.30. The smallest absolute Gasteiger partial charge is 0.251 e. The normalized spacial score (nSPS) is 15.3. The Bertz CT molecular complexity index is 592. The van der Waals surface area contributed by atoms with Gasteiger partial charge in [0.1, 0.15) is 0 Å². The number of rotatable bonds is 5. The minimum Gasteiger partial charge on any atom is -0.352 e. The second-order valence-electron chi connectivity index (χ2n) is 4.84. The van der Waals surface area contributed by atoms with Crippen molar-refractivity contribution in [2.45, 2.75) is 24.7 Å². The van der Waals surface area contributed by atoms with Crippen LogP contribution in [0.1, 0.15) is 28.8 Å². The molecule has 0 bridgehead atoms. The predicted molar refractivity (Wildman–Crippen MR) is 72.5 cm³/mol. The molecule has 1 aromatic rings. The Kier molecular flexibility index (Phi) is 3.91. The number of hydrogen-bond acceptors (Lipinski definition) is 3. The van der Waals surface area contributed by atoms with E-state index in [1.807, 2.05) is 0 Å². The lowest BCUT2D eigenvalue weighted by molar-refractivity contribution is 0.0951. The maximum Gasteiger partial charge on any atom is 0.251 e. The minimum atomic E-state index is -3.52. The Balaban J connectivity index is 2.23. The van der Waals surface area contributed by atoms with Crippen LogP contribution in [-0.4, -0.2) is 27.9 Å². The molecule has 0 saturated heterocycles. The summed E-state index contributed by atoms with van der Waals surface area (Å²) in [5.41, 5.74) is 1.18. The molecule has 0 radical (unpaired) electrons. The molecular weight excluding hydrogens is 264 g/mol. The highest BCUT2D eigenvalue weighted by Gasteiger charge is 2.23. The van der Waals surface area contributed by atoms with Gasteiger partial charge in [-0.2, -0.15) is 0 Å². The van der Waals surface area contributed by atoms with Crippen LogP contribution in [0.15, 0.2) is 23.1 Å². The standard InChI is InChI=1S/C13H18N2O3S/c1-9-3-6-11(19(17,18)14-2)7-12(9)13(16)15-8-10-4-5-10/h3,6-7,10,14H,4-5,8H2,1-2H3,(H,15,16). The summed E-state index contributed by atoms with van der Waals surface area (Å²) in [5, 5.41) is 2.84. The van der Waals surface area contributed by atoms with Gasteiger partial charge in [-0.3, -0.25) is 4.79 Å². The van der Waals surface area contributed by atoms with E-state index in [9.17, 15) is 13.2 Å². The quantitative estimate of drug-likeness (QED) is 0.847. The number of benzene rings is 1. The first kappa shape index (κ1) is 14.0. The van der Waals surface area contributed by atoms with E-state index in [1.165, 1.54) is 19.2 Å². The average Bonchev–Trinajstić information content (AvgIpc) is 3.20. The van der Waals surface area contributed by atoms with Crippen LogP contribution in [0, 0.1) is 12.8 Å². The van der Waals surface area contributed by atoms with Crippen molar-refractivity contribution in [3.8, 4) is 0 Å². The summed E-state index contributed by atoms with van der Waals surface area (Å²) in [4.78, 5) is 12.1. The lowest BCUT2D eigenvalue weighted by Crippen LogP contribution is -2.27. The van der Waals surface area contributed by atoms with E-state index in [0.29, 0.717) is 18.0 Å². The maximum absolute atomic E-state index is 12.0. The number of nitrogens with one attached hydrogen (secondary N) is 2. The van der Waals surface area contributed by atoms with Gasteiger partial charge in [-0.15, -0.1) is 0 Å². The van der Waals surface area contributed by atoms with Gasteiger partial charge in [-0.25, -0.2) is 13.1 Å². The lowest BCUT2D eigenvalue weighted by atomic mass is 10.1. The van der Waals surface area contributed by atoms with Crippen LogP contribution in [-0.2, 0) is 10.0 Å². The maximum atomic E-state index is 12.0. The van der Waals surface area contributed by atoms with Gasteiger partial charge in [0, 0.05) is 12.1 Å². The molecule has 1 aromatic carbocycles. The number of aryl methyl sites for hydroxylation is 1. The average molecular weight is 282 g/mol. The van der Waals surface area contributed by atoms with Crippen molar-refractivity contribution in [1.82, 2.24) is 10.0 Å². The highest BCUT2D eigenvalue weighted by Crippen LogP contribution is 2.27. The molecule has 1 fully saturated rings. The number of carbonyl (C=O) groups excluding carboxylic acids is 1. The third-order valence-corrected chi connectivity index (χ3v) is 4.69. The molecule has 0 aromatic heterocycles. The summed E-state index contributed by atoms with van der Waals surface area (Å²) in [7, 11) is -2.17. The summed E-state index contributed by atoms with van der Waals surface area (Å²) in [5.74, 6) is 0.381. The van der Waals surface area contributed by atoms with Crippen molar-refractivity contribution < 1.29 is 13.2 Å². The van der Waals surface area contributed by atoms with Gasteiger partial charge in [0.15, 0.2) is 0 Å². The third kappa shape index (κ3) is 3.33. The van der Waals surface area contributed by atoms with Crippen molar-refractivity contribution in [2.24, 2.45) is 5.92 Å². The fraction of sp³-hybridized carbons (Fsp3) is 0.462. The zero-order valence-electron chi connectivity index (χ0n) is 11.1. The first-order valence-corrected chi connectivity index (χ1v) is 7.75. The molecule has 1 saturated carbocycles. The van der Waals surface area contributed by atoms with E-state index in [1.54, 1.807) is 13.0 Å². The van der Waals surface area contributed by atoms with E-state index in [-0.39, 0.29) is 10.8 Å². The van der Waals surface area contributed by atoms with Crippen molar-refractivity contribution in [3.05, 3.63) is 29.3 Å². The van der Waals surface area contributed by atoms with Crippen LogP contribution >= 0.6 is 0 Å². The molecule has 1 amide bonds. The third-order valence-electron chi connectivity index (χ3n) is 3.28. The monoisotopic (exact) mass is 282 g/mol. The Morgan fingerprint density at radius 2 is 2.05 bits per heavy atom. The van der Waals surface area contributed by atoms with Crippen molar-refractivity contribution >= 4 is 15.9 Å². The van der Waals surface area contributed by atoms with Gasteiger partial charge in [-0.05, 0) is 50.4 Å². The van der Waals surface area contributed by atoms with Crippen LogP contribution in [0.4, 0.5) is 0 Å². The van der Waals surface area contributed by atoms with E-state index in [4.69, 9.17) is 0 Å². The SMILES string of the molecule is CNS(=O)(=O)c1ccc(C)c(C(=O)NCC2CC2)c1. The molecular formula is C13H18N2O3S. The molecule has 19 heavy (non-hydrogen) atoms. The minimum absolute atomic E-state index is 0.108. The summed E-state index contributed by atoms with van der Waals surface area (Å²) >= 11 is 0. The van der Waals surface area contributed by atoms with Gasteiger partial charge in [0.05, 0.1) is 4.90 Å². The molecule has 0 unspecified atom stereocenters. The molecule has 104 valence electrons. The molecule has 0 heterocycles. The Morgan fingerprint density at radius 1 is 1.37 bits per heavy atom. The topological polar surface area (TPSA) is 75.3 Å². The molecule has 0 spiro atoms. The molecule has 0 atom stereocenters. The van der Waals surface area contributed by atoms with Crippen molar-refractivity contribution in [3.63, 3.8) is 0 Å². The molecule has 2 N–H and O–H groups in total. The fourth-order valence-electron chi connectivity index (χ4n) is 1.78. The highest BCUT2D eigenvalue weighted by atomic mass is 32.2. The Labute approximate surface area is 113 Å². The summed E-state index contributed by atoms with van der Waals surface area (Å²) < 4.78 is 25.7. The molecule has 5 nitrogen and oxygen atoms in total. The molecule has 1 aliphatic rings. The van der Waals surface area contributed by atoms with Gasteiger partial charge in [0.25, 0.3) is 5.91 Å². The second-order valence-corrected chi connectivity index (χ2v) is 6.72. The Morgan fingerprint density at radius 3 is 2.63 bits per heavy atom. The number of carbonyl (C=O) groups is 1. The van der Waals surface area contributed by atoms with Crippen LogP contribution < -0.4 is 10.0 Å². The van der Waals surface area contributed by atoms with E-state index >= 15 is 0 Å². The van der Waals surface area contributed by atoms with Crippen molar-refractivity contribution in [2.75, 3.05) is 13.6 Å². The van der Waals surface area contributed by atoms with Crippen LogP contribution in [0.5, 0.6) is 0 Å². The van der Waals surface area contributed by atoms with Crippen LogP contribution in [0.25, 0.3) is 0 Å². The summed E-state index contributed by atoms with van der Waals surface area (Å²) in [6.07, 6.45) is 2.32. The van der Waals surface area contributed by atoms with Gasteiger partial charge >= 0.3 is 0 Å². The van der Waals surface area contributed by atoms with E-state index in [2.05, 4.69) is 10.0 Å². The van der Waals surface area contributed by atoms with E-state index in [0.717, 1.165) is 18.4 Å². The molecule has 1 aliphatic carbocycles. The highest BCUT2D eigenvalue weighted by molar-refractivity contribution is 7.89.